The zero-order valence-electron chi connectivity index (χ0n) is 12.2. The normalized spacial score (nSPS) is 22.3. The van der Waals surface area contributed by atoms with Crippen molar-refractivity contribution in [1.82, 2.24) is 10.2 Å². The lowest BCUT2D eigenvalue weighted by molar-refractivity contribution is 0.251. The molecule has 0 aromatic heterocycles. The van der Waals surface area contributed by atoms with E-state index in [9.17, 15) is 0 Å². The molecule has 2 rings (SSSR count). The molecular weight excluding hydrogens is 220 g/mol. The molecule has 1 aliphatic heterocycles. The van der Waals surface area contributed by atoms with Crippen molar-refractivity contribution >= 4 is 0 Å². The third kappa shape index (κ3) is 2.93. The first kappa shape index (κ1) is 13.6. The fraction of sp³-hybridized carbons (Fsp3) is 0.625. The largest absolute Gasteiger partial charge is 0.319 e. The van der Waals surface area contributed by atoms with E-state index in [4.69, 9.17) is 0 Å². The predicted octanol–water partition coefficient (Wildman–Crippen LogP) is 2.91. The van der Waals surface area contributed by atoms with Crippen LogP contribution in [0.1, 0.15) is 36.1 Å². The van der Waals surface area contributed by atoms with Gasteiger partial charge in [0.25, 0.3) is 0 Å². The number of likely N-dealkylation sites (tertiary alicyclic amines) is 1. The van der Waals surface area contributed by atoms with Crippen LogP contribution in [0.5, 0.6) is 0 Å². The van der Waals surface area contributed by atoms with E-state index in [1.54, 1.807) is 0 Å². The minimum absolute atomic E-state index is 0.548. The van der Waals surface area contributed by atoms with Crippen LogP contribution in [0.15, 0.2) is 18.2 Å². The van der Waals surface area contributed by atoms with Crippen molar-refractivity contribution in [2.75, 3.05) is 26.7 Å². The van der Waals surface area contributed by atoms with E-state index < -0.39 is 0 Å². The molecule has 0 amide bonds. The molecule has 1 fully saturated rings. The van der Waals surface area contributed by atoms with E-state index >= 15 is 0 Å². The second-order valence-corrected chi connectivity index (χ2v) is 5.74. The van der Waals surface area contributed by atoms with Crippen LogP contribution in [0, 0.1) is 19.8 Å². The maximum atomic E-state index is 3.30. The molecule has 0 bridgehead atoms. The molecule has 0 radical (unpaired) electrons. The van der Waals surface area contributed by atoms with Gasteiger partial charge in [-0.3, -0.25) is 4.90 Å². The molecule has 1 N–H and O–H groups in total. The smallest absolute Gasteiger partial charge is 0.0322 e. The van der Waals surface area contributed by atoms with Gasteiger partial charge in [-0.1, -0.05) is 23.8 Å². The lowest BCUT2D eigenvalue weighted by Gasteiger charge is -2.26. The van der Waals surface area contributed by atoms with Crippen LogP contribution in [0.2, 0.25) is 0 Å². The van der Waals surface area contributed by atoms with Crippen molar-refractivity contribution in [1.29, 1.82) is 0 Å². The molecule has 1 aliphatic rings. The van der Waals surface area contributed by atoms with Gasteiger partial charge in [0.1, 0.15) is 0 Å². The highest BCUT2D eigenvalue weighted by molar-refractivity contribution is 5.32. The molecule has 2 heteroatoms. The molecule has 18 heavy (non-hydrogen) atoms. The van der Waals surface area contributed by atoms with Gasteiger partial charge in [-0.25, -0.2) is 0 Å². The molecule has 1 aromatic carbocycles. The quantitative estimate of drug-likeness (QED) is 0.879. The van der Waals surface area contributed by atoms with Gasteiger partial charge < -0.3 is 5.32 Å². The van der Waals surface area contributed by atoms with Crippen LogP contribution in [-0.2, 0) is 0 Å². The van der Waals surface area contributed by atoms with Gasteiger partial charge in [-0.15, -0.1) is 0 Å². The Morgan fingerprint density at radius 1 is 1.39 bits per heavy atom. The van der Waals surface area contributed by atoms with E-state index in [0.717, 1.165) is 12.5 Å². The van der Waals surface area contributed by atoms with Gasteiger partial charge in [0.05, 0.1) is 0 Å². The van der Waals surface area contributed by atoms with Crippen LogP contribution in [-0.4, -0.2) is 31.6 Å². The number of rotatable bonds is 4. The van der Waals surface area contributed by atoms with Crippen LogP contribution in [0.25, 0.3) is 0 Å². The summed E-state index contributed by atoms with van der Waals surface area (Å²) in [5, 5.41) is 3.30. The van der Waals surface area contributed by atoms with E-state index in [0.29, 0.717) is 6.04 Å². The first-order valence-corrected chi connectivity index (χ1v) is 7.07. The summed E-state index contributed by atoms with van der Waals surface area (Å²) in [4.78, 5) is 2.63. The SMILES string of the molecule is CNCC1CCN(C(C)c2cc(C)ccc2C)C1. The molecule has 1 heterocycles. The van der Waals surface area contributed by atoms with E-state index in [-0.39, 0.29) is 0 Å². The number of nitrogens with zero attached hydrogens (tertiary/aromatic N) is 1. The number of aryl methyl sites for hydroxylation is 2. The average molecular weight is 246 g/mol. The number of benzene rings is 1. The third-order valence-electron chi connectivity index (χ3n) is 4.24. The van der Waals surface area contributed by atoms with Crippen LogP contribution < -0.4 is 5.32 Å². The predicted molar refractivity (Wildman–Crippen MR) is 77.9 cm³/mol. The second-order valence-electron chi connectivity index (χ2n) is 5.74. The number of hydrogen-bond donors (Lipinski definition) is 1. The summed E-state index contributed by atoms with van der Waals surface area (Å²) in [6.07, 6.45) is 1.33. The Hall–Kier alpha value is -0.860. The van der Waals surface area contributed by atoms with E-state index in [2.05, 4.69) is 56.2 Å². The molecule has 100 valence electrons. The van der Waals surface area contributed by atoms with Gasteiger partial charge in [0.2, 0.25) is 0 Å². The molecule has 0 saturated carbocycles. The molecule has 0 aliphatic carbocycles. The van der Waals surface area contributed by atoms with Crippen LogP contribution in [0.3, 0.4) is 0 Å². The standard InChI is InChI=1S/C16H26N2/c1-12-5-6-13(2)16(9-12)14(3)18-8-7-15(11-18)10-17-4/h5-6,9,14-15,17H,7-8,10-11H2,1-4H3. The van der Waals surface area contributed by atoms with Crippen molar-refractivity contribution in [2.24, 2.45) is 5.92 Å². The zero-order chi connectivity index (χ0) is 13.1. The Balaban J connectivity index is 2.07. The third-order valence-corrected chi connectivity index (χ3v) is 4.24. The minimum atomic E-state index is 0.548. The van der Waals surface area contributed by atoms with Crippen LogP contribution in [0.4, 0.5) is 0 Å². The van der Waals surface area contributed by atoms with Crippen molar-refractivity contribution in [3.63, 3.8) is 0 Å². The Labute approximate surface area is 111 Å². The summed E-state index contributed by atoms with van der Waals surface area (Å²) in [5.74, 6) is 0.822. The lowest BCUT2D eigenvalue weighted by Crippen LogP contribution is -2.27. The highest BCUT2D eigenvalue weighted by atomic mass is 15.2. The van der Waals surface area contributed by atoms with Crippen molar-refractivity contribution < 1.29 is 0 Å². The van der Waals surface area contributed by atoms with Gasteiger partial charge in [-0.05, 0) is 64.4 Å². The molecule has 2 atom stereocenters. The first-order valence-electron chi connectivity index (χ1n) is 7.07. The van der Waals surface area contributed by atoms with Crippen LogP contribution >= 0.6 is 0 Å². The summed E-state index contributed by atoms with van der Waals surface area (Å²) in [7, 11) is 2.05. The minimum Gasteiger partial charge on any atom is -0.319 e. The van der Waals surface area contributed by atoms with E-state index in [1.807, 2.05) is 0 Å². The zero-order valence-corrected chi connectivity index (χ0v) is 12.2. The van der Waals surface area contributed by atoms with Gasteiger partial charge >= 0.3 is 0 Å². The molecule has 1 aromatic rings. The number of hydrogen-bond acceptors (Lipinski definition) is 2. The number of nitrogens with one attached hydrogen (secondary N) is 1. The van der Waals surface area contributed by atoms with Gasteiger partial charge in [-0.2, -0.15) is 0 Å². The maximum absolute atomic E-state index is 3.30. The molecular formula is C16H26N2. The Kier molecular flexibility index (Phi) is 4.41. The topological polar surface area (TPSA) is 15.3 Å². The molecule has 2 nitrogen and oxygen atoms in total. The average Bonchev–Trinajstić information content (AvgIpc) is 2.80. The summed E-state index contributed by atoms with van der Waals surface area (Å²) < 4.78 is 0. The Bertz CT molecular complexity index is 400. The maximum Gasteiger partial charge on any atom is 0.0322 e. The highest BCUT2D eigenvalue weighted by Crippen LogP contribution is 2.29. The second kappa shape index (κ2) is 5.85. The van der Waals surface area contributed by atoms with E-state index in [1.165, 1.54) is 36.2 Å². The monoisotopic (exact) mass is 246 g/mol. The highest BCUT2D eigenvalue weighted by Gasteiger charge is 2.26. The molecule has 1 saturated heterocycles. The molecule has 0 spiro atoms. The summed E-state index contributed by atoms with van der Waals surface area (Å²) in [6.45, 7) is 10.4. The lowest BCUT2D eigenvalue weighted by atomic mass is 9.99. The summed E-state index contributed by atoms with van der Waals surface area (Å²) in [6, 6.07) is 7.36. The first-order chi connectivity index (χ1) is 8.61. The molecule has 2 unspecified atom stereocenters. The van der Waals surface area contributed by atoms with Crippen molar-refractivity contribution in [3.05, 3.63) is 34.9 Å². The van der Waals surface area contributed by atoms with Crippen molar-refractivity contribution in [3.8, 4) is 0 Å². The van der Waals surface area contributed by atoms with Gasteiger partial charge in [0.15, 0.2) is 0 Å². The van der Waals surface area contributed by atoms with Crippen molar-refractivity contribution in [2.45, 2.75) is 33.2 Å². The fourth-order valence-electron chi connectivity index (χ4n) is 3.08. The van der Waals surface area contributed by atoms with Gasteiger partial charge in [0, 0.05) is 12.6 Å². The fourth-order valence-corrected chi connectivity index (χ4v) is 3.08. The Morgan fingerprint density at radius 3 is 2.89 bits per heavy atom. The Morgan fingerprint density at radius 2 is 2.17 bits per heavy atom. The summed E-state index contributed by atoms with van der Waals surface area (Å²) in [5.41, 5.74) is 4.29. The summed E-state index contributed by atoms with van der Waals surface area (Å²) >= 11 is 0.